The summed E-state index contributed by atoms with van der Waals surface area (Å²) in [5.74, 6) is 0.988. The molecule has 1 N–H and O–H groups in total. The second-order valence-electron chi connectivity index (χ2n) is 5.84. The molecule has 0 aliphatic carbocycles. The van der Waals surface area contributed by atoms with Crippen molar-refractivity contribution in [2.75, 3.05) is 27.3 Å². The summed E-state index contributed by atoms with van der Waals surface area (Å²) < 4.78 is 10.5. The van der Waals surface area contributed by atoms with Crippen LogP contribution in [-0.2, 0) is 5.54 Å². The Morgan fingerprint density at radius 3 is 1.95 bits per heavy atom. The Balaban J connectivity index is 2.39. The Kier molecular flexibility index (Phi) is 4.43. The molecule has 1 aromatic carbocycles. The van der Waals surface area contributed by atoms with Crippen molar-refractivity contribution in [3.05, 3.63) is 17.7 Å². The molecule has 0 atom stereocenters. The zero-order valence-electron chi connectivity index (χ0n) is 12.9. The minimum absolute atomic E-state index is 0.0631. The lowest BCUT2D eigenvalue weighted by atomic mass is 9.89. The van der Waals surface area contributed by atoms with Gasteiger partial charge in [-0.15, -0.1) is 0 Å². The smallest absolute Gasteiger partial charge is 0.200 e. The third-order valence-electron chi connectivity index (χ3n) is 4.33. The van der Waals surface area contributed by atoms with E-state index in [4.69, 9.17) is 9.47 Å². The van der Waals surface area contributed by atoms with Gasteiger partial charge in [0.25, 0.3) is 0 Å². The molecular weight excluding hydrogens is 254 g/mol. The van der Waals surface area contributed by atoms with Gasteiger partial charge in [-0.3, -0.25) is 4.90 Å². The van der Waals surface area contributed by atoms with Gasteiger partial charge in [0.15, 0.2) is 11.5 Å². The van der Waals surface area contributed by atoms with Crippen LogP contribution in [0, 0.1) is 0 Å². The molecule has 0 radical (unpaired) electrons. The van der Waals surface area contributed by atoms with Crippen LogP contribution in [0.4, 0.5) is 0 Å². The molecule has 2 rings (SSSR count). The van der Waals surface area contributed by atoms with Crippen molar-refractivity contribution in [1.82, 2.24) is 4.90 Å². The molecule has 0 saturated carbocycles. The molecule has 1 heterocycles. The zero-order chi connectivity index (χ0) is 14.8. The van der Waals surface area contributed by atoms with Crippen LogP contribution in [-0.4, -0.2) is 37.3 Å². The molecule has 0 unspecified atom stereocenters. The number of hydrogen-bond acceptors (Lipinski definition) is 4. The first-order valence-corrected chi connectivity index (χ1v) is 7.21. The molecule has 0 spiro atoms. The highest BCUT2D eigenvalue weighted by Crippen LogP contribution is 2.41. The molecule has 1 aromatic rings. The van der Waals surface area contributed by atoms with E-state index in [-0.39, 0.29) is 11.3 Å². The highest BCUT2D eigenvalue weighted by Gasteiger charge is 2.31. The second kappa shape index (κ2) is 5.92. The van der Waals surface area contributed by atoms with Crippen molar-refractivity contribution in [3.8, 4) is 17.2 Å². The van der Waals surface area contributed by atoms with Crippen LogP contribution in [0.15, 0.2) is 12.1 Å². The number of ether oxygens (including phenoxy) is 2. The van der Waals surface area contributed by atoms with Gasteiger partial charge >= 0.3 is 0 Å². The molecule has 0 amide bonds. The summed E-state index contributed by atoms with van der Waals surface area (Å²) in [6.07, 6.45) is 3.81. The number of hydrogen-bond donors (Lipinski definition) is 1. The number of phenolic OH excluding ortho intramolecular Hbond substituents is 1. The third kappa shape index (κ3) is 2.70. The van der Waals surface area contributed by atoms with Crippen molar-refractivity contribution in [2.45, 2.75) is 38.6 Å². The van der Waals surface area contributed by atoms with Gasteiger partial charge in [0.2, 0.25) is 5.75 Å². The summed E-state index contributed by atoms with van der Waals surface area (Å²) in [4.78, 5) is 2.49. The van der Waals surface area contributed by atoms with E-state index in [1.807, 2.05) is 12.1 Å². The van der Waals surface area contributed by atoms with Crippen LogP contribution in [0.1, 0.15) is 38.7 Å². The Morgan fingerprint density at radius 2 is 1.50 bits per heavy atom. The molecule has 112 valence electrons. The molecule has 1 fully saturated rings. The molecule has 0 bridgehead atoms. The Labute approximate surface area is 121 Å². The van der Waals surface area contributed by atoms with Crippen LogP contribution < -0.4 is 9.47 Å². The lowest BCUT2D eigenvalue weighted by Gasteiger charge is -2.41. The Bertz CT molecular complexity index is 440. The summed E-state index contributed by atoms with van der Waals surface area (Å²) in [5.41, 5.74) is 1.00. The van der Waals surface area contributed by atoms with Gasteiger partial charge < -0.3 is 14.6 Å². The standard InChI is InChI=1S/C16H25NO3/c1-16(2,17-8-6-5-7-9-17)12-10-13(19-3)15(18)14(11-12)20-4/h10-11,18H,5-9H2,1-4H3. The lowest BCUT2D eigenvalue weighted by molar-refractivity contribution is 0.0938. The zero-order valence-corrected chi connectivity index (χ0v) is 12.9. The molecule has 1 aliphatic heterocycles. The molecule has 0 aromatic heterocycles. The first kappa shape index (κ1) is 15.0. The number of nitrogens with zero attached hydrogens (tertiary/aromatic N) is 1. The fourth-order valence-corrected chi connectivity index (χ4v) is 2.88. The summed E-state index contributed by atoms with van der Waals surface area (Å²) in [6.45, 7) is 6.64. The van der Waals surface area contributed by atoms with E-state index in [9.17, 15) is 5.11 Å². The highest BCUT2D eigenvalue weighted by atomic mass is 16.5. The minimum Gasteiger partial charge on any atom is -0.502 e. The Morgan fingerprint density at radius 1 is 1.00 bits per heavy atom. The van der Waals surface area contributed by atoms with Gasteiger partial charge in [-0.05, 0) is 57.5 Å². The van der Waals surface area contributed by atoms with E-state index in [1.165, 1.54) is 19.3 Å². The van der Waals surface area contributed by atoms with E-state index in [1.54, 1.807) is 14.2 Å². The fraction of sp³-hybridized carbons (Fsp3) is 0.625. The molecular formula is C16H25NO3. The summed E-state index contributed by atoms with van der Waals surface area (Å²) in [6, 6.07) is 3.82. The normalized spacial score (nSPS) is 17.0. The SMILES string of the molecule is COc1cc(C(C)(C)N2CCCCC2)cc(OC)c1O. The monoisotopic (exact) mass is 279 g/mol. The number of likely N-dealkylation sites (tertiary alicyclic amines) is 1. The molecule has 1 saturated heterocycles. The topological polar surface area (TPSA) is 41.9 Å². The van der Waals surface area contributed by atoms with E-state index < -0.39 is 0 Å². The van der Waals surface area contributed by atoms with Crippen LogP contribution >= 0.6 is 0 Å². The number of aromatic hydroxyl groups is 1. The van der Waals surface area contributed by atoms with Crippen LogP contribution in [0.2, 0.25) is 0 Å². The molecule has 20 heavy (non-hydrogen) atoms. The van der Waals surface area contributed by atoms with Crippen LogP contribution in [0.3, 0.4) is 0 Å². The highest BCUT2D eigenvalue weighted by molar-refractivity contribution is 5.54. The van der Waals surface area contributed by atoms with Gasteiger partial charge in [0.1, 0.15) is 0 Å². The average Bonchev–Trinajstić information content (AvgIpc) is 2.48. The Hall–Kier alpha value is -1.42. The van der Waals surface area contributed by atoms with Crippen molar-refractivity contribution >= 4 is 0 Å². The lowest BCUT2D eigenvalue weighted by Crippen LogP contribution is -2.44. The second-order valence-corrected chi connectivity index (χ2v) is 5.84. The predicted octanol–water partition coefficient (Wildman–Crippen LogP) is 3.13. The van der Waals surface area contributed by atoms with Gasteiger partial charge in [-0.1, -0.05) is 6.42 Å². The maximum atomic E-state index is 10.0. The molecule has 4 heteroatoms. The van der Waals surface area contributed by atoms with Gasteiger partial charge in [-0.25, -0.2) is 0 Å². The van der Waals surface area contributed by atoms with Crippen molar-refractivity contribution in [2.24, 2.45) is 0 Å². The van der Waals surface area contributed by atoms with Gasteiger partial charge in [0, 0.05) is 5.54 Å². The van der Waals surface area contributed by atoms with Crippen molar-refractivity contribution < 1.29 is 14.6 Å². The maximum Gasteiger partial charge on any atom is 0.200 e. The fourth-order valence-electron chi connectivity index (χ4n) is 2.88. The number of rotatable bonds is 4. The predicted molar refractivity (Wildman–Crippen MR) is 79.7 cm³/mol. The first-order chi connectivity index (χ1) is 9.50. The average molecular weight is 279 g/mol. The van der Waals surface area contributed by atoms with E-state index in [2.05, 4.69) is 18.7 Å². The number of phenols is 1. The third-order valence-corrected chi connectivity index (χ3v) is 4.33. The molecule has 4 nitrogen and oxygen atoms in total. The number of benzene rings is 1. The van der Waals surface area contributed by atoms with Gasteiger partial charge in [0.05, 0.1) is 14.2 Å². The summed E-state index contributed by atoms with van der Waals surface area (Å²) >= 11 is 0. The summed E-state index contributed by atoms with van der Waals surface area (Å²) in [5, 5.41) is 10.0. The van der Waals surface area contributed by atoms with E-state index in [0.29, 0.717) is 11.5 Å². The minimum atomic E-state index is -0.103. The van der Waals surface area contributed by atoms with Crippen molar-refractivity contribution in [1.29, 1.82) is 0 Å². The summed E-state index contributed by atoms with van der Waals surface area (Å²) in [7, 11) is 3.12. The first-order valence-electron chi connectivity index (χ1n) is 7.21. The quantitative estimate of drug-likeness (QED) is 0.919. The maximum absolute atomic E-state index is 10.0. The van der Waals surface area contributed by atoms with Crippen LogP contribution in [0.25, 0.3) is 0 Å². The van der Waals surface area contributed by atoms with Crippen molar-refractivity contribution in [3.63, 3.8) is 0 Å². The van der Waals surface area contributed by atoms with Crippen LogP contribution in [0.5, 0.6) is 17.2 Å². The largest absolute Gasteiger partial charge is 0.502 e. The van der Waals surface area contributed by atoms with E-state index >= 15 is 0 Å². The number of piperidine rings is 1. The van der Waals surface area contributed by atoms with E-state index in [0.717, 1.165) is 18.7 Å². The molecule has 1 aliphatic rings. The van der Waals surface area contributed by atoms with Gasteiger partial charge in [-0.2, -0.15) is 0 Å². The number of methoxy groups -OCH3 is 2.